The Morgan fingerprint density at radius 1 is 0.857 bits per heavy atom. The number of carbonyl (C=O) groups excluding carboxylic acids is 5. The highest BCUT2D eigenvalue weighted by molar-refractivity contribution is 5.91. The van der Waals surface area contributed by atoms with Crippen LogP contribution in [0.3, 0.4) is 0 Å². The fourth-order valence-corrected chi connectivity index (χ4v) is 8.20. The molecule has 0 saturated heterocycles. The molecule has 0 aromatic carbocycles. The molecule has 4 aliphatic rings. The maximum Gasteiger partial charge on any atom is 0.307 e. The normalized spacial score (nSPS) is 31.7. The molecule has 42 heavy (non-hydrogen) atoms. The van der Waals surface area contributed by atoms with E-state index in [2.05, 4.69) is 13.8 Å². The maximum atomic E-state index is 12.3. The highest BCUT2D eigenvalue weighted by atomic mass is 16.7. The Bertz CT molecular complexity index is 1060. The van der Waals surface area contributed by atoms with E-state index in [9.17, 15) is 24.0 Å². The van der Waals surface area contributed by atoms with E-state index >= 15 is 0 Å². The number of ketones is 1. The summed E-state index contributed by atoms with van der Waals surface area (Å²) in [4.78, 5) is 58.7. The second-order valence-electron chi connectivity index (χ2n) is 13.0. The van der Waals surface area contributed by atoms with Crippen LogP contribution in [-0.2, 0) is 47.7 Å². The molecule has 6 atom stereocenters. The minimum absolute atomic E-state index is 0.0300. The van der Waals surface area contributed by atoms with Crippen molar-refractivity contribution in [2.75, 3.05) is 20.0 Å². The summed E-state index contributed by atoms with van der Waals surface area (Å²) >= 11 is 0. The van der Waals surface area contributed by atoms with Gasteiger partial charge in [-0.1, -0.05) is 19.4 Å². The lowest BCUT2D eigenvalue weighted by atomic mass is 9.47. The zero-order valence-electron chi connectivity index (χ0n) is 25.4. The van der Waals surface area contributed by atoms with Crippen LogP contribution in [0, 0.1) is 28.6 Å². The Kier molecular flexibility index (Phi) is 10.5. The van der Waals surface area contributed by atoms with E-state index in [0.29, 0.717) is 24.2 Å². The SMILES string of the molecule is CC(=O)OCC(COC(C)=O)OC(=O)CCCC(=O)OCOC1CC[C@H]2C3CCC4=CC(=O)CCC4(C)[C@H]3CCC12C. The Hall–Kier alpha value is -2.75. The van der Waals surface area contributed by atoms with E-state index in [4.69, 9.17) is 23.7 Å². The van der Waals surface area contributed by atoms with Gasteiger partial charge in [0, 0.05) is 33.1 Å². The smallest absolute Gasteiger partial charge is 0.307 e. The van der Waals surface area contributed by atoms with Crippen molar-refractivity contribution in [3.8, 4) is 0 Å². The predicted octanol–water partition coefficient (Wildman–Crippen LogP) is 4.61. The van der Waals surface area contributed by atoms with Gasteiger partial charge in [-0.05, 0) is 86.0 Å². The maximum absolute atomic E-state index is 12.3. The number of allylic oxidation sites excluding steroid dienone is 1. The van der Waals surface area contributed by atoms with Crippen molar-refractivity contribution in [1.82, 2.24) is 0 Å². The zero-order valence-corrected chi connectivity index (χ0v) is 25.4. The second kappa shape index (κ2) is 13.7. The molecule has 0 radical (unpaired) electrons. The van der Waals surface area contributed by atoms with Gasteiger partial charge in [0.2, 0.25) is 0 Å². The fraction of sp³-hybridized carbons (Fsp3) is 0.781. The second-order valence-corrected chi connectivity index (χ2v) is 13.0. The Balaban J connectivity index is 1.18. The van der Waals surface area contributed by atoms with Gasteiger partial charge in [-0.2, -0.15) is 0 Å². The Morgan fingerprint density at radius 2 is 1.55 bits per heavy atom. The first kappa shape index (κ1) is 32.2. The summed E-state index contributed by atoms with van der Waals surface area (Å²) in [6.07, 6.45) is 9.34. The van der Waals surface area contributed by atoms with E-state index in [0.717, 1.165) is 44.9 Å². The van der Waals surface area contributed by atoms with Gasteiger partial charge < -0.3 is 23.7 Å². The molecular weight excluding hydrogens is 544 g/mol. The number of esters is 4. The van der Waals surface area contributed by atoms with E-state index in [1.165, 1.54) is 19.4 Å². The van der Waals surface area contributed by atoms with E-state index < -0.39 is 30.0 Å². The lowest BCUT2D eigenvalue weighted by Gasteiger charge is -2.57. The number of fused-ring (bicyclic) bond motifs is 5. The molecule has 0 spiro atoms. The van der Waals surface area contributed by atoms with Crippen molar-refractivity contribution in [2.45, 2.75) is 111 Å². The molecule has 0 aromatic heterocycles. The van der Waals surface area contributed by atoms with Crippen LogP contribution in [0.25, 0.3) is 0 Å². The molecule has 3 fully saturated rings. The third-order valence-electron chi connectivity index (χ3n) is 10.4. The van der Waals surface area contributed by atoms with Gasteiger partial charge >= 0.3 is 23.9 Å². The summed E-state index contributed by atoms with van der Waals surface area (Å²) in [5.74, 6) is -0.0246. The summed E-state index contributed by atoms with van der Waals surface area (Å²) in [6.45, 7) is 6.61. The Labute approximate surface area is 248 Å². The first-order valence-corrected chi connectivity index (χ1v) is 15.4. The van der Waals surface area contributed by atoms with Gasteiger partial charge in [0.1, 0.15) is 13.2 Å². The average Bonchev–Trinajstić information content (AvgIpc) is 3.26. The van der Waals surface area contributed by atoms with Gasteiger partial charge in [0.25, 0.3) is 0 Å². The molecule has 0 aliphatic heterocycles. The van der Waals surface area contributed by atoms with Crippen molar-refractivity contribution < 1.29 is 47.7 Å². The van der Waals surface area contributed by atoms with Crippen molar-refractivity contribution in [3.63, 3.8) is 0 Å². The lowest BCUT2D eigenvalue weighted by Crippen LogP contribution is -2.51. The summed E-state index contributed by atoms with van der Waals surface area (Å²) in [7, 11) is 0. The lowest BCUT2D eigenvalue weighted by molar-refractivity contribution is -0.172. The van der Waals surface area contributed by atoms with Crippen LogP contribution in [0.4, 0.5) is 0 Å². The van der Waals surface area contributed by atoms with Crippen molar-refractivity contribution in [1.29, 1.82) is 0 Å². The van der Waals surface area contributed by atoms with Crippen molar-refractivity contribution in [2.24, 2.45) is 28.6 Å². The monoisotopic (exact) mass is 590 g/mol. The average molecular weight is 591 g/mol. The van der Waals surface area contributed by atoms with Gasteiger partial charge in [0.15, 0.2) is 18.7 Å². The molecule has 4 unspecified atom stereocenters. The molecule has 234 valence electrons. The van der Waals surface area contributed by atoms with Gasteiger partial charge in [0.05, 0.1) is 6.10 Å². The first-order chi connectivity index (χ1) is 19.9. The molecule has 4 rings (SSSR count). The van der Waals surface area contributed by atoms with Gasteiger partial charge in [-0.15, -0.1) is 0 Å². The molecule has 0 amide bonds. The van der Waals surface area contributed by atoms with Crippen LogP contribution in [-0.4, -0.2) is 61.9 Å². The van der Waals surface area contributed by atoms with Crippen molar-refractivity contribution >= 4 is 29.7 Å². The van der Waals surface area contributed by atoms with E-state index in [1.54, 1.807) is 0 Å². The van der Waals surface area contributed by atoms with E-state index in [-0.39, 0.29) is 62.0 Å². The zero-order chi connectivity index (χ0) is 30.5. The number of hydrogen-bond donors (Lipinski definition) is 0. The molecule has 0 bridgehead atoms. The molecule has 10 heteroatoms. The molecule has 3 saturated carbocycles. The van der Waals surface area contributed by atoms with E-state index in [1.807, 2.05) is 6.08 Å². The van der Waals surface area contributed by atoms with Gasteiger partial charge in [-0.25, -0.2) is 0 Å². The van der Waals surface area contributed by atoms with Crippen LogP contribution in [0.5, 0.6) is 0 Å². The summed E-state index contributed by atoms with van der Waals surface area (Å²) in [5, 5.41) is 0. The van der Waals surface area contributed by atoms with Crippen molar-refractivity contribution in [3.05, 3.63) is 11.6 Å². The summed E-state index contributed by atoms with van der Waals surface area (Å²) in [6, 6.07) is 0. The van der Waals surface area contributed by atoms with Gasteiger partial charge in [-0.3, -0.25) is 24.0 Å². The molecule has 4 aliphatic carbocycles. The highest BCUT2D eigenvalue weighted by Crippen LogP contribution is 2.65. The third kappa shape index (κ3) is 7.41. The number of carbonyl (C=O) groups is 5. The topological polar surface area (TPSA) is 132 Å². The van der Waals surface area contributed by atoms with Crippen LogP contribution >= 0.6 is 0 Å². The number of hydrogen-bond acceptors (Lipinski definition) is 10. The summed E-state index contributed by atoms with van der Waals surface area (Å²) in [5.41, 5.74) is 1.57. The highest BCUT2D eigenvalue weighted by Gasteiger charge is 2.59. The first-order valence-electron chi connectivity index (χ1n) is 15.4. The quantitative estimate of drug-likeness (QED) is 0.180. The molecule has 0 aromatic rings. The number of rotatable bonds is 12. The largest absolute Gasteiger partial charge is 0.462 e. The molecule has 10 nitrogen and oxygen atoms in total. The van der Waals surface area contributed by atoms with Crippen LogP contribution in [0.15, 0.2) is 11.6 Å². The molecular formula is C32H46O10. The summed E-state index contributed by atoms with van der Waals surface area (Å²) < 4.78 is 26.5. The standard InChI is InChI=1S/C32H46O10/c1-20(33)38-17-24(18-39-21(2)34)42-30(37)7-5-6-29(36)41-19-40-28-11-10-26-25-9-8-22-16-23(35)12-14-31(22,3)27(25)13-15-32(26,28)4/h16,24-28H,5-15,17-19H2,1-4H3/t25?,26-,27-,28?,31?,32?/m0/s1. The minimum atomic E-state index is -0.917. The number of ether oxygens (including phenoxy) is 5. The molecule has 0 heterocycles. The van der Waals surface area contributed by atoms with Crippen LogP contribution < -0.4 is 0 Å². The molecule has 0 N–H and O–H groups in total. The third-order valence-corrected chi connectivity index (χ3v) is 10.4. The minimum Gasteiger partial charge on any atom is -0.462 e. The van der Waals surface area contributed by atoms with Crippen LogP contribution in [0.2, 0.25) is 0 Å². The fourth-order valence-electron chi connectivity index (χ4n) is 8.20. The van der Waals surface area contributed by atoms with Crippen LogP contribution in [0.1, 0.15) is 98.3 Å². The Morgan fingerprint density at radius 3 is 2.24 bits per heavy atom. The predicted molar refractivity (Wildman–Crippen MR) is 150 cm³/mol.